The molecular formula is C14H23NO. The van der Waals surface area contributed by atoms with Gasteiger partial charge in [0.05, 0.1) is 5.54 Å². The molecule has 0 unspecified atom stereocenters. The van der Waals surface area contributed by atoms with Gasteiger partial charge >= 0.3 is 0 Å². The highest BCUT2D eigenvalue weighted by Crippen LogP contribution is 2.30. The summed E-state index contributed by atoms with van der Waals surface area (Å²) < 4.78 is 0. The van der Waals surface area contributed by atoms with Gasteiger partial charge in [0.1, 0.15) is 0 Å². The van der Waals surface area contributed by atoms with E-state index < -0.39 is 0 Å². The van der Waals surface area contributed by atoms with Crippen LogP contribution in [0.2, 0.25) is 0 Å². The molecule has 0 bridgehead atoms. The molecular weight excluding hydrogens is 198 g/mol. The predicted octanol–water partition coefficient (Wildman–Crippen LogP) is 2.62. The minimum Gasteiger partial charge on any atom is -0.298 e. The van der Waals surface area contributed by atoms with Gasteiger partial charge in [-0.15, -0.1) is 12.3 Å². The molecule has 0 aromatic heterocycles. The number of carbonyl (C=O) groups is 1. The number of carbonyl (C=O) groups excluding carboxylic acids is 1. The van der Waals surface area contributed by atoms with Gasteiger partial charge in [-0.25, -0.2) is 0 Å². The van der Waals surface area contributed by atoms with Crippen LogP contribution >= 0.6 is 0 Å². The summed E-state index contributed by atoms with van der Waals surface area (Å²) in [6.45, 7) is 6.39. The summed E-state index contributed by atoms with van der Waals surface area (Å²) in [6.07, 6.45) is 10.6. The van der Waals surface area contributed by atoms with E-state index in [1.165, 1.54) is 12.8 Å². The van der Waals surface area contributed by atoms with E-state index in [0.29, 0.717) is 18.6 Å². The van der Waals surface area contributed by atoms with Gasteiger partial charge < -0.3 is 0 Å². The first-order valence-corrected chi connectivity index (χ1v) is 6.43. The van der Waals surface area contributed by atoms with E-state index in [9.17, 15) is 4.79 Å². The standard InChI is InChI=1S/C14H23NO/c1-4-7-10-13(16)14(5-2,6-3)15-11-8-9-12-15/h1H,5-12H2,2-3H3. The molecule has 1 fully saturated rings. The largest absolute Gasteiger partial charge is 0.298 e. The average Bonchev–Trinajstić information content (AvgIpc) is 2.83. The molecule has 0 atom stereocenters. The Balaban J connectivity index is 2.77. The third-order valence-electron chi connectivity index (χ3n) is 3.90. The first kappa shape index (κ1) is 13.3. The van der Waals surface area contributed by atoms with Crippen LogP contribution in [-0.2, 0) is 4.79 Å². The maximum atomic E-state index is 12.3. The number of Topliss-reactive ketones (excluding diaryl/α,β-unsaturated/α-hetero) is 1. The van der Waals surface area contributed by atoms with E-state index in [1.54, 1.807) is 0 Å². The van der Waals surface area contributed by atoms with Crippen LogP contribution in [0.25, 0.3) is 0 Å². The molecule has 90 valence electrons. The van der Waals surface area contributed by atoms with Crippen LogP contribution < -0.4 is 0 Å². The Hall–Kier alpha value is -0.810. The molecule has 0 N–H and O–H groups in total. The lowest BCUT2D eigenvalue weighted by atomic mass is 9.84. The second kappa shape index (κ2) is 6.06. The molecule has 0 radical (unpaired) electrons. The van der Waals surface area contributed by atoms with Crippen molar-refractivity contribution >= 4 is 5.78 Å². The van der Waals surface area contributed by atoms with Crippen molar-refractivity contribution in [2.24, 2.45) is 0 Å². The Morgan fingerprint density at radius 3 is 2.31 bits per heavy atom. The fraction of sp³-hybridized carbons (Fsp3) is 0.786. The van der Waals surface area contributed by atoms with Crippen LogP contribution in [0.4, 0.5) is 0 Å². The van der Waals surface area contributed by atoms with Gasteiger partial charge in [-0.2, -0.15) is 0 Å². The summed E-state index contributed by atoms with van der Waals surface area (Å²) in [5, 5.41) is 0. The van der Waals surface area contributed by atoms with Gasteiger partial charge in [-0.05, 0) is 38.8 Å². The molecule has 1 saturated heterocycles. The number of rotatable bonds is 6. The van der Waals surface area contributed by atoms with Crippen LogP contribution in [-0.4, -0.2) is 29.3 Å². The Morgan fingerprint density at radius 1 is 1.31 bits per heavy atom. The molecule has 0 saturated carbocycles. The zero-order valence-electron chi connectivity index (χ0n) is 10.6. The molecule has 1 heterocycles. The van der Waals surface area contributed by atoms with Gasteiger partial charge in [0, 0.05) is 12.8 Å². The molecule has 2 nitrogen and oxygen atoms in total. The molecule has 0 aromatic rings. The number of hydrogen-bond donors (Lipinski definition) is 0. The van der Waals surface area contributed by atoms with E-state index in [0.717, 1.165) is 25.9 Å². The second-order valence-corrected chi connectivity index (χ2v) is 4.56. The lowest BCUT2D eigenvalue weighted by Gasteiger charge is -2.39. The number of hydrogen-bond acceptors (Lipinski definition) is 2. The van der Waals surface area contributed by atoms with E-state index >= 15 is 0 Å². The molecule has 0 amide bonds. The monoisotopic (exact) mass is 221 g/mol. The first-order chi connectivity index (χ1) is 7.71. The number of terminal acetylenes is 1. The number of likely N-dealkylation sites (tertiary alicyclic amines) is 1. The Morgan fingerprint density at radius 2 is 1.88 bits per heavy atom. The zero-order valence-corrected chi connectivity index (χ0v) is 10.6. The van der Waals surface area contributed by atoms with Crippen molar-refractivity contribution in [3.63, 3.8) is 0 Å². The maximum Gasteiger partial charge on any atom is 0.154 e. The van der Waals surface area contributed by atoms with E-state index in [1.807, 2.05) is 0 Å². The smallest absolute Gasteiger partial charge is 0.154 e. The highest BCUT2D eigenvalue weighted by Gasteiger charge is 2.40. The fourth-order valence-electron chi connectivity index (χ4n) is 2.83. The van der Waals surface area contributed by atoms with Crippen molar-refractivity contribution in [3.05, 3.63) is 0 Å². The Kier molecular flexibility index (Phi) is 5.02. The molecule has 1 rings (SSSR count). The van der Waals surface area contributed by atoms with Crippen LogP contribution in [0.15, 0.2) is 0 Å². The summed E-state index contributed by atoms with van der Waals surface area (Å²) >= 11 is 0. The lowest BCUT2D eigenvalue weighted by molar-refractivity contribution is -0.131. The maximum absolute atomic E-state index is 12.3. The van der Waals surface area contributed by atoms with Crippen molar-refractivity contribution < 1.29 is 4.79 Å². The third kappa shape index (κ3) is 2.47. The first-order valence-electron chi connectivity index (χ1n) is 6.43. The third-order valence-corrected chi connectivity index (χ3v) is 3.90. The summed E-state index contributed by atoms with van der Waals surface area (Å²) in [6, 6.07) is 0. The van der Waals surface area contributed by atoms with Gasteiger partial charge in [0.2, 0.25) is 0 Å². The molecule has 0 aromatic carbocycles. The van der Waals surface area contributed by atoms with Crippen molar-refractivity contribution in [2.75, 3.05) is 13.1 Å². The van der Waals surface area contributed by atoms with Crippen LogP contribution in [0.3, 0.4) is 0 Å². The molecule has 0 aliphatic carbocycles. The Bertz CT molecular complexity index is 267. The summed E-state index contributed by atoms with van der Waals surface area (Å²) in [5.41, 5.74) is -0.229. The van der Waals surface area contributed by atoms with E-state index in [2.05, 4.69) is 24.7 Å². The van der Waals surface area contributed by atoms with Crippen molar-refractivity contribution in [2.45, 2.75) is 57.9 Å². The summed E-state index contributed by atoms with van der Waals surface area (Å²) in [4.78, 5) is 14.7. The van der Waals surface area contributed by atoms with Crippen molar-refractivity contribution in [3.8, 4) is 12.3 Å². The Labute approximate surface area is 99.4 Å². The highest BCUT2D eigenvalue weighted by atomic mass is 16.1. The van der Waals surface area contributed by atoms with Gasteiger partial charge in [-0.3, -0.25) is 9.69 Å². The van der Waals surface area contributed by atoms with Crippen LogP contribution in [0.5, 0.6) is 0 Å². The quantitative estimate of drug-likeness (QED) is 0.643. The molecule has 2 heteroatoms. The minimum atomic E-state index is -0.229. The minimum absolute atomic E-state index is 0.229. The van der Waals surface area contributed by atoms with E-state index in [4.69, 9.17) is 6.42 Å². The average molecular weight is 221 g/mol. The molecule has 1 aliphatic heterocycles. The highest BCUT2D eigenvalue weighted by molar-refractivity contribution is 5.88. The number of ketones is 1. The van der Waals surface area contributed by atoms with Gasteiger partial charge in [-0.1, -0.05) is 13.8 Å². The van der Waals surface area contributed by atoms with Crippen molar-refractivity contribution in [1.29, 1.82) is 0 Å². The zero-order chi connectivity index (χ0) is 12.0. The van der Waals surface area contributed by atoms with Gasteiger partial charge in [0.25, 0.3) is 0 Å². The number of nitrogens with zero attached hydrogens (tertiary/aromatic N) is 1. The fourth-order valence-corrected chi connectivity index (χ4v) is 2.83. The topological polar surface area (TPSA) is 20.3 Å². The van der Waals surface area contributed by atoms with Crippen LogP contribution in [0.1, 0.15) is 52.4 Å². The van der Waals surface area contributed by atoms with E-state index in [-0.39, 0.29) is 5.54 Å². The molecule has 16 heavy (non-hydrogen) atoms. The lowest BCUT2D eigenvalue weighted by Crippen LogP contribution is -2.52. The van der Waals surface area contributed by atoms with Gasteiger partial charge in [0.15, 0.2) is 5.78 Å². The van der Waals surface area contributed by atoms with Crippen molar-refractivity contribution in [1.82, 2.24) is 4.90 Å². The molecule has 1 aliphatic rings. The summed E-state index contributed by atoms with van der Waals surface area (Å²) in [5.74, 6) is 2.91. The normalized spacial score (nSPS) is 17.3. The predicted molar refractivity (Wildman–Crippen MR) is 67.2 cm³/mol. The second-order valence-electron chi connectivity index (χ2n) is 4.56. The SMILES string of the molecule is C#CCCC(=O)C(CC)(CC)N1CCCC1. The summed E-state index contributed by atoms with van der Waals surface area (Å²) in [7, 11) is 0. The molecule has 0 spiro atoms. The van der Waals surface area contributed by atoms with Crippen LogP contribution in [0, 0.1) is 12.3 Å².